The third-order valence-electron chi connectivity index (χ3n) is 0.834. The summed E-state index contributed by atoms with van der Waals surface area (Å²) in [6.45, 7) is 0. The summed E-state index contributed by atoms with van der Waals surface area (Å²) in [6, 6.07) is 0. The summed E-state index contributed by atoms with van der Waals surface area (Å²) in [7, 11) is 0. The van der Waals surface area contributed by atoms with E-state index in [4.69, 9.17) is 27.5 Å². The summed E-state index contributed by atoms with van der Waals surface area (Å²) >= 11 is 5.27. The Morgan fingerprint density at radius 2 is 1.60 bits per heavy atom. The first-order valence-corrected chi connectivity index (χ1v) is 2.70. The van der Waals surface area contributed by atoms with Crippen LogP contribution in [0.3, 0.4) is 0 Å². The molecule has 4 N–H and O–H groups in total. The Balaban J connectivity index is 3.31. The van der Waals surface area contributed by atoms with E-state index in [-0.39, 0.29) is 11.0 Å². The highest BCUT2D eigenvalue weighted by Gasteiger charge is 2.07. The minimum atomic E-state index is -0.522. The second-order valence-corrected chi connectivity index (χ2v) is 1.92. The molecule has 0 unspecified atom stereocenters. The van der Waals surface area contributed by atoms with Gasteiger partial charge in [-0.1, -0.05) is 11.6 Å². The van der Waals surface area contributed by atoms with E-state index in [2.05, 4.69) is 9.97 Å². The highest BCUT2D eigenvalue weighted by Crippen LogP contribution is 2.28. The molecule has 54 valence electrons. The zero-order chi connectivity index (χ0) is 7.72. The molecule has 1 aromatic heterocycles. The predicted molar refractivity (Wildman–Crippen MR) is 34.8 cm³/mol. The summed E-state index contributed by atoms with van der Waals surface area (Å²) < 4.78 is 0. The molecule has 0 aliphatic carbocycles. The molecule has 0 fully saturated rings. The monoisotopic (exact) mass is 161 g/mol. The fourth-order valence-corrected chi connectivity index (χ4v) is 0.525. The van der Waals surface area contributed by atoms with E-state index in [9.17, 15) is 0 Å². The fourth-order valence-electron chi connectivity index (χ4n) is 0.440. The largest absolute Gasteiger partial charge is 0.492 e. The van der Waals surface area contributed by atoms with Crippen molar-refractivity contribution in [1.82, 2.24) is 9.97 Å². The zero-order valence-electron chi connectivity index (χ0n) is 4.74. The first-order valence-electron chi connectivity index (χ1n) is 2.32. The SMILES string of the molecule is Nc1nc(O)c(Cl)c(O)n1. The van der Waals surface area contributed by atoms with Gasteiger partial charge in [0, 0.05) is 0 Å². The van der Waals surface area contributed by atoms with E-state index in [1.54, 1.807) is 0 Å². The molecule has 0 aromatic carbocycles. The molecule has 1 rings (SSSR count). The van der Waals surface area contributed by atoms with Crippen LogP contribution >= 0.6 is 11.6 Å². The number of halogens is 1. The topological polar surface area (TPSA) is 92.3 Å². The third kappa shape index (κ3) is 1.03. The summed E-state index contributed by atoms with van der Waals surface area (Å²) in [4.78, 5) is 6.53. The lowest BCUT2D eigenvalue weighted by Gasteiger charge is -1.97. The van der Waals surface area contributed by atoms with Gasteiger partial charge in [-0.3, -0.25) is 0 Å². The molecule has 6 heteroatoms. The van der Waals surface area contributed by atoms with Crippen LogP contribution in [0, 0.1) is 0 Å². The van der Waals surface area contributed by atoms with Crippen molar-refractivity contribution in [3.63, 3.8) is 0 Å². The zero-order valence-corrected chi connectivity index (χ0v) is 5.50. The van der Waals surface area contributed by atoms with Crippen molar-refractivity contribution in [2.75, 3.05) is 5.73 Å². The maximum absolute atomic E-state index is 8.76. The maximum Gasteiger partial charge on any atom is 0.239 e. The highest BCUT2D eigenvalue weighted by molar-refractivity contribution is 6.33. The van der Waals surface area contributed by atoms with Crippen molar-refractivity contribution >= 4 is 17.5 Å². The van der Waals surface area contributed by atoms with Crippen molar-refractivity contribution in [2.24, 2.45) is 0 Å². The van der Waals surface area contributed by atoms with Gasteiger partial charge >= 0.3 is 0 Å². The van der Waals surface area contributed by atoms with Crippen LogP contribution in [0.1, 0.15) is 0 Å². The van der Waals surface area contributed by atoms with Crippen molar-refractivity contribution < 1.29 is 10.2 Å². The number of nitrogens with two attached hydrogens (primary N) is 1. The Kier molecular flexibility index (Phi) is 1.50. The molecule has 0 aliphatic heterocycles. The molecular weight excluding hydrogens is 158 g/mol. The van der Waals surface area contributed by atoms with Gasteiger partial charge in [0.15, 0.2) is 5.02 Å². The second-order valence-electron chi connectivity index (χ2n) is 1.54. The van der Waals surface area contributed by atoms with Gasteiger partial charge in [0.25, 0.3) is 0 Å². The highest BCUT2D eigenvalue weighted by atomic mass is 35.5. The average molecular weight is 162 g/mol. The molecule has 0 aliphatic rings. The quantitative estimate of drug-likeness (QED) is 0.503. The number of hydrogen-bond acceptors (Lipinski definition) is 5. The van der Waals surface area contributed by atoms with Gasteiger partial charge in [-0.15, -0.1) is 0 Å². The molecule has 1 aromatic rings. The lowest BCUT2D eigenvalue weighted by molar-refractivity contribution is 0.424. The van der Waals surface area contributed by atoms with Crippen LogP contribution in [0.4, 0.5) is 5.95 Å². The molecule has 5 nitrogen and oxygen atoms in total. The molecule has 10 heavy (non-hydrogen) atoms. The summed E-state index contributed by atoms with van der Waals surface area (Å²) in [5.74, 6) is -1.27. The molecule has 0 saturated heterocycles. The standard InChI is InChI=1S/C4H4ClN3O2/c5-1-2(9)7-4(6)8-3(1)10/h(H4,6,7,8,9,10). The molecule has 0 atom stereocenters. The normalized spacial score (nSPS) is 9.70. The van der Waals surface area contributed by atoms with Crippen LogP contribution in [0.2, 0.25) is 5.02 Å². The fraction of sp³-hybridized carbons (Fsp3) is 0. The van der Waals surface area contributed by atoms with Crippen LogP contribution in [-0.4, -0.2) is 20.2 Å². The number of aromatic hydroxyl groups is 2. The predicted octanol–water partition coefficient (Wildman–Crippen LogP) is 0.123. The maximum atomic E-state index is 8.76. The van der Waals surface area contributed by atoms with E-state index < -0.39 is 11.8 Å². The Labute approximate surface area is 61.1 Å². The van der Waals surface area contributed by atoms with Gasteiger partial charge in [-0.2, -0.15) is 9.97 Å². The van der Waals surface area contributed by atoms with E-state index in [1.807, 2.05) is 0 Å². The smallest absolute Gasteiger partial charge is 0.239 e. The Morgan fingerprint density at radius 3 is 2.00 bits per heavy atom. The van der Waals surface area contributed by atoms with Gasteiger partial charge in [0.2, 0.25) is 17.7 Å². The lowest BCUT2D eigenvalue weighted by Crippen LogP contribution is -1.94. The minimum Gasteiger partial charge on any atom is -0.492 e. The van der Waals surface area contributed by atoms with Crippen molar-refractivity contribution in [2.45, 2.75) is 0 Å². The molecule has 0 bridgehead atoms. The number of anilines is 1. The summed E-state index contributed by atoms with van der Waals surface area (Å²) in [6.07, 6.45) is 0. The second kappa shape index (κ2) is 2.18. The number of nitrogen functional groups attached to an aromatic ring is 1. The van der Waals surface area contributed by atoms with Gasteiger partial charge in [-0.05, 0) is 0 Å². The number of rotatable bonds is 0. The van der Waals surface area contributed by atoms with E-state index in [1.165, 1.54) is 0 Å². The number of nitrogens with zero attached hydrogens (tertiary/aromatic N) is 2. The summed E-state index contributed by atoms with van der Waals surface area (Å²) in [5, 5.41) is 17.2. The van der Waals surface area contributed by atoms with Crippen LogP contribution in [-0.2, 0) is 0 Å². The van der Waals surface area contributed by atoms with Gasteiger partial charge in [0.05, 0.1) is 0 Å². The lowest BCUT2D eigenvalue weighted by atomic mass is 10.6. The van der Waals surface area contributed by atoms with Crippen molar-refractivity contribution in [3.8, 4) is 11.8 Å². The van der Waals surface area contributed by atoms with Gasteiger partial charge < -0.3 is 15.9 Å². The Hall–Kier alpha value is -1.23. The van der Waals surface area contributed by atoms with Gasteiger partial charge in [0.1, 0.15) is 0 Å². The van der Waals surface area contributed by atoms with E-state index >= 15 is 0 Å². The average Bonchev–Trinajstić information content (AvgIpc) is 1.82. The molecule has 0 spiro atoms. The van der Waals surface area contributed by atoms with Crippen molar-refractivity contribution in [3.05, 3.63) is 5.02 Å². The molecule has 0 radical (unpaired) electrons. The number of aromatic nitrogens is 2. The van der Waals surface area contributed by atoms with Crippen LogP contribution in [0.25, 0.3) is 0 Å². The molecule has 0 saturated carbocycles. The van der Waals surface area contributed by atoms with Crippen LogP contribution < -0.4 is 5.73 Å². The first kappa shape index (κ1) is 6.88. The van der Waals surface area contributed by atoms with Crippen molar-refractivity contribution in [1.29, 1.82) is 0 Å². The van der Waals surface area contributed by atoms with Gasteiger partial charge in [-0.25, -0.2) is 0 Å². The molecule has 1 heterocycles. The van der Waals surface area contributed by atoms with Crippen LogP contribution in [0.5, 0.6) is 11.8 Å². The van der Waals surface area contributed by atoms with E-state index in [0.29, 0.717) is 0 Å². The third-order valence-corrected chi connectivity index (χ3v) is 1.17. The Bertz CT molecular complexity index is 242. The minimum absolute atomic E-state index is 0.223. The molecule has 0 amide bonds. The first-order chi connectivity index (χ1) is 4.61. The molecular formula is C4H4ClN3O2. The summed E-state index contributed by atoms with van der Waals surface area (Å²) in [5.41, 5.74) is 5.03. The Morgan fingerprint density at radius 1 is 1.20 bits per heavy atom. The number of hydrogen-bond donors (Lipinski definition) is 3. The van der Waals surface area contributed by atoms with Crippen LogP contribution in [0.15, 0.2) is 0 Å². The van der Waals surface area contributed by atoms with E-state index in [0.717, 1.165) is 0 Å².